The predicted molar refractivity (Wildman–Crippen MR) is 105 cm³/mol. The maximum atomic E-state index is 11.9. The van der Waals surface area contributed by atoms with Gasteiger partial charge in [-0.05, 0) is 36.8 Å². The molecule has 0 aliphatic heterocycles. The third-order valence-electron chi connectivity index (χ3n) is 5.12. The van der Waals surface area contributed by atoms with Crippen molar-refractivity contribution in [3.8, 4) is 0 Å². The van der Waals surface area contributed by atoms with E-state index in [9.17, 15) is 4.79 Å². The first kappa shape index (κ1) is 18.2. The van der Waals surface area contributed by atoms with Gasteiger partial charge in [0.2, 0.25) is 0 Å². The summed E-state index contributed by atoms with van der Waals surface area (Å²) in [6.07, 6.45) is 6.97. The highest BCUT2D eigenvalue weighted by atomic mass is 16.1. The summed E-state index contributed by atoms with van der Waals surface area (Å²) in [5.74, 6) is 0.322. The number of hydrogen-bond acceptors (Lipinski definition) is 4. The second-order valence-electron chi connectivity index (χ2n) is 7.77. The Bertz CT molecular complexity index is 794. The number of carbonyl (C=O) groups excluding carboxylic acids is 1. The average Bonchev–Trinajstić information content (AvgIpc) is 3.01. The minimum atomic E-state index is -0.481. The molecule has 1 saturated carbocycles. The number of carbonyl (C=O) groups is 1. The van der Waals surface area contributed by atoms with Gasteiger partial charge in [0.1, 0.15) is 5.56 Å². The summed E-state index contributed by atoms with van der Waals surface area (Å²) < 4.78 is 1.90. The molecular weight excluding hydrogens is 326 g/mol. The van der Waals surface area contributed by atoms with Crippen LogP contribution in [0.4, 0.5) is 11.5 Å². The molecule has 1 aromatic heterocycles. The number of nitrogens with zero attached hydrogens (tertiary/aromatic N) is 3. The highest BCUT2D eigenvalue weighted by Crippen LogP contribution is 2.44. The summed E-state index contributed by atoms with van der Waals surface area (Å²) in [7, 11) is 1.80. The van der Waals surface area contributed by atoms with Gasteiger partial charge >= 0.3 is 0 Å². The lowest BCUT2D eigenvalue weighted by Crippen LogP contribution is -2.33. The van der Waals surface area contributed by atoms with Crippen LogP contribution in [0.5, 0.6) is 0 Å². The van der Waals surface area contributed by atoms with Crippen LogP contribution in [-0.2, 0) is 0 Å². The van der Waals surface area contributed by atoms with E-state index in [1.54, 1.807) is 13.2 Å². The monoisotopic (exact) mass is 353 g/mol. The number of anilines is 2. The van der Waals surface area contributed by atoms with Crippen molar-refractivity contribution < 1.29 is 4.79 Å². The molecule has 2 unspecified atom stereocenters. The van der Waals surface area contributed by atoms with Gasteiger partial charge in [-0.1, -0.05) is 32.0 Å². The topological polar surface area (TPSA) is 85.3 Å². The zero-order valence-corrected chi connectivity index (χ0v) is 15.6. The Morgan fingerprint density at radius 2 is 2.12 bits per heavy atom. The van der Waals surface area contributed by atoms with Gasteiger partial charge < -0.3 is 16.0 Å². The molecule has 138 valence electrons. The summed E-state index contributed by atoms with van der Waals surface area (Å²) in [5, 5.41) is 7.91. The lowest BCUT2D eigenvalue weighted by Gasteiger charge is -2.39. The number of benzene rings is 1. The number of nitrogens with two attached hydrogens (primary N) is 1. The van der Waals surface area contributed by atoms with Crippen LogP contribution in [0.15, 0.2) is 41.5 Å². The molecule has 26 heavy (non-hydrogen) atoms. The highest BCUT2D eigenvalue weighted by molar-refractivity contribution is 5.98. The molecule has 3 N–H and O–H groups in total. The maximum Gasteiger partial charge on any atom is 0.254 e. The molecule has 1 aliphatic rings. The van der Waals surface area contributed by atoms with Crippen LogP contribution in [0.2, 0.25) is 0 Å². The van der Waals surface area contributed by atoms with Gasteiger partial charge in [0.25, 0.3) is 5.91 Å². The maximum absolute atomic E-state index is 11.9. The Morgan fingerprint density at radius 1 is 1.38 bits per heavy atom. The summed E-state index contributed by atoms with van der Waals surface area (Å²) in [4.78, 5) is 16.2. The molecular formula is C20H27N5O. The van der Waals surface area contributed by atoms with Gasteiger partial charge in [-0.2, -0.15) is 5.10 Å². The fraction of sp³-hybridized carbons (Fsp3) is 0.450. The number of aromatic nitrogens is 2. The van der Waals surface area contributed by atoms with Crippen molar-refractivity contribution in [3.05, 3.63) is 42.1 Å². The van der Waals surface area contributed by atoms with Gasteiger partial charge in [-0.15, -0.1) is 0 Å². The highest BCUT2D eigenvalue weighted by Gasteiger charge is 2.36. The van der Waals surface area contributed by atoms with Crippen LogP contribution < -0.4 is 11.1 Å². The zero-order valence-electron chi connectivity index (χ0n) is 15.6. The number of para-hydroxylation sites is 1. The van der Waals surface area contributed by atoms with Crippen molar-refractivity contribution in [2.75, 3.05) is 12.4 Å². The first-order valence-electron chi connectivity index (χ1n) is 9.03. The molecule has 0 saturated heterocycles. The predicted octanol–water partition coefficient (Wildman–Crippen LogP) is 3.79. The van der Waals surface area contributed by atoms with Crippen molar-refractivity contribution in [1.29, 1.82) is 0 Å². The number of rotatable bonds is 5. The third kappa shape index (κ3) is 3.95. The Kier molecular flexibility index (Phi) is 5.11. The van der Waals surface area contributed by atoms with Crippen molar-refractivity contribution in [3.63, 3.8) is 0 Å². The number of amides is 1. The van der Waals surface area contributed by atoms with E-state index >= 15 is 0 Å². The first-order chi connectivity index (χ1) is 12.4. The van der Waals surface area contributed by atoms with Crippen molar-refractivity contribution in [1.82, 2.24) is 9.78 Å². The van der Waals surface area contributed by atoms with Crippen molar-refractivity contribution in [2.45, 2.75) is 39.2 Å². The van der Waals surface area contributed by atoms with Gasteiger partial charge in [0.15, 0.2) is 5.82 Å². The summed E-state index contributed by atoms with van der Waals surface area (Å²) in [5.41, 5.74) is 7.11. The molecule has 0 radical (unpaired) electrons. The van der Waals surface area contributed by atoms with Gasteiger partial charge in [0.05, 0.1) is 6.04 Å². The van der Waals surface area contributed by atoms with Crippen LogP contribution in [0.1, 0.15) is 49.5 Å². The van der Waals surface area contributed by atoms with E-state index in [0.29, 0.717) is 17.3 Å². The van der Waals surface area contributed by atoms with Crippen LogP contribution in [0.3, 0.4) is 0 Å². The van der Waals surface area contributed by atoms with Crippen LogP contribution in [0, 0.1) is 11.3 Å². The van der Waals surface area contributed by atoms with Crippen LogP contribution in [-0.4, -0.2) is 28.9 Å². The summed E-state index contributed by atoms with van der Waals surface area (Å²) in [6.45, 7) is 4.56. The second kappa shape index (κ2) is 7.32. The molecule has 0 bridgehead atoms. The van der Waals surface area contributed by atoms with E-state index in [4.69, 9.17) is 10.8 Å². The molecule has 1 amide bonds. The molecule has 6 nitrogen and oxygen atoms in total. The molecule has 3 rings (SSSR count). The fourth-order valence-corrected chi connectivity index (χ4v) is 3.72. The number of nitrogens with one attached hydrogen (secondary N) is 1. The molecule has 1 aliphatic carbocycles. The van der Waals surface area contributed by atoms with Gasteiger partial charge in [0, 0.05) is 31.1 Å². The molecule has 1 fully saturated rings. The SMILES string of the molecule is CN=CC1CCC(C)(C)CC1n1cc(C(N)=O)c(Nc2ccccc2)n1. The molecule has 2 atom stereocenters. The van der Waals surface area contributed by atoms with E-state index in [-0.39, 0.29) is 11.5 Å². The Balaban J connectivity index is 1.96. The van der Waals surface area contributed by atoms with Crippen molar-refractivity contribution >= 4 is 23.6 Å². The minimum Gasteiger partial charge on any atom is -0.365 e. The first-order valence-corrected chi connectivity index (χ1v) is 9.03. The van der Waals surface area contributed by atoms with E-state index in [1.165, 1.54) is 0 Å². The molecule has 1 aromatic carbocycles. The van der Waals surface area contributed by atoms with E-state index in [0.717, 1.165) is 24.9 Å². The molecule has 6 heteroatoms. The largest absolute Gasteiger partial charge is 0.365 e. The Morgan fingerprint density at radius 3 is 2.77 bits per heavy atom. The zero-order chi connectivity index (χ0) is 18.7. The summed E-state index contributed by atoms with van der Waals surface area (Å²) >= 11 is 0. The number of hydrogen-bond donors (Lipinski definition) is 2. The van der Waals surface area contributed by atoms with Gasteiger partial charge in [-0.25, -0.2) is 0 Å². The standard InChI is InChI=1S/C20H27N5O/c1-20(2)10-9-14(12-22-3)17(11-20)25-13-16(18(21)26)19(24-25)23-15-7-5-4-6-8-15/h4-8,12-14,17H,9-11H2,1-3H3,(H2,21,26)(H,23,24). The fourth-order valence-electron chi connectivity index (χ4n) is 3.72. The van der Waals surface area contributed by atoms with E-state index in [2.05, 4.69) is 24.2 Å². The quantitative estimate of drug-likeness (QED) is 0.802. The average molecular weight is 353 g/mol. The Labute approximate surface area is 154 Å². The molecule has 0 spiro atoms. The van der Waals surface area contributed by atoms with Crippen LogP contribution >= 0.6 is 0 Å². The van der Waals surface area contributed by atoms with Gasteiger partial charge in [-0.3, -0.25) is 9.48 Å². The molecule has 1 heterocycles. The van der Waals surface area contributed by atoms with Crippen molar-refractivity contribution in [2.24, 2.45) is 22.1 Å². The minimum absolute atomic E-state index is 0.159. The van der Waals surface area contributed by atoms with E-state index < -0.39 is 5.91 Å². The summed E-state index contributed by atoms with van der Waals surface area (Å²) in [6, 6.07) is 9.82. The normalized spacial score (nSPS) is 22.4. The molecule has 2 aromatic rings. The smallest absolute Gasteiger partial charge is 0.254 e. The lowest BCUT2D eigenvalue weighted by molar-refractivity contribution is 0.100. The lowest BCUT2D eigenvalue weighted by atomic mass is 9.70. The van der Waals surface area contributed by atoms with Crippen LogP contribution in [0.25, 0.3) is 0 Å². The third-order valence-corrected chi connectivity index (χ3v) is 5.12. The van der Waals surface area contributed by atoms with E-state index in [1.807, 2.05) is 41.2 Å². The number of primary amides is 1. The Hall–Kier alpha value is -2.63. The number of aliphatic imine (C=N–C) groups is 1. The second-order valence-corrected chi connectivity index (χ2v) is 7.77.